The van der Waals surface area contributed by atoms with Gasteiger partial charge in [0, 0.05) is 24.6 Å². The minimum absolute atomic E-state index is 0.246. The fraction of sp³-hybridized carbons (Fsp3) is 0.278. The highest BCUT2D eigenvalue weighted by atomic mass is 79.9. The van der Waals surface area contributed by atoms with Gasteiger partial charge < -0.3 is 20.1 Å². The number of hydrogen-bond donors (Lipinski definition) is 2. The Hall–Kier alpha value is -2.28. The van der Waals surface area contributed by atoms with Crippen molar-refractivity contribution in [1.29, 1.82) is 0 Å². The number of nitrogens with zero attached hydrogens (tertiary/aromatic N) is 1. The predicted molar refractivity (Wildman–Crippen MR) is 101 cm³/mol. The average molecular weight is 410 g/mol. The standard InChI is InChI=1S/C18H21BrFN3O2/c1-21-18(22-10-12-4-6-14(20)7-5-12)23-11-13-8-16(24-2)17(25-3)9-15(13)19/h4-9H,10-11H2,1-3H3,(H2,21,22,23). The van der Waals surface area contributed by atoms with Crippen molar-refractivity contribution in [3.8, 4) is 11.5 Å². The maximum absolute atomic E-state index is 12.9. The van der Waals surface area contributed by atoms with Crippen LogP contribution >= 0.6 is 15.9 Å². The number of ether oxygens (including phenoxy) is 2. The molecule has 0 heterocycles. The SMILES string of the molecule is CN=C(NCc1ccc(F)cc1)NCc1cc(OC)c(OC)cc1Br. The van der Waals surface area contributed by atoms with E-state index in [9.17, 15) is 4.39 Å². The molecule has 0 saturated carbocycles. The molecule has 2 rings (SSSR count). The second kappa shape index (κ2) is 9.27. The lowest BCUT2D eigenvalue weighted by atomic mass is 10.2. The number of methoxy groups -OCH3 is 2. The fourth-order valence-corrected chi connectivity index (χ4v) is 2.68. The second-order valence-electron chi connectivity index (χ2n) is 5.20. The lowest BCUT2D eigenvalue weighted by Crippen LogP contribution is -2.36. The van der Waals surface area contributed by atoms with Crippen LogP contribution in [0.15, 0.2) is 45.9 Å². The molecule has 0 aliphatic rings. The molecule has 0 aliphatic carbocycles. The molecule has 25 heavy (non-hydrogen) atoms. The first kappa shape index (κ1) is 19.1. The van der Waals surface area contributed by atoms with E-state index in [1.165, 1.54) is 12.1 Å². The van der Waals surface area contributed by atoms with Gasteiger partial charge in [-0.15, -0.1) is 0 Å². The van der Waals surface area contributed by atoms with E-state index in [1.807, 2.05) is 12.1 Å². The normalized spacial score (nSPS) is 11.2. The van der Waals surface area contributed by atoms with Gasteiger partial charge in [-0.1, -0.05) is 28.1 Å². The molecule has 2 N–H and O–H groups in total. The third kappa shape index (κ3) is 5.35. The Labute approximate surface area is 155 Å². The Bertz CT molecular complexity index is 736. The van der Waals surface area contributed by atoms with Gasteiger partial charge in [0.2, 0.25) is 0 Å². The highest BCUT2D eigenvalue weighted by Crippen LogP contribution is 2.33. The van der Waals surface area contributed by atoms with E-state index < -0.39 is 0 Å². The van der Waals surface area contributed by atoms with Crippen LogP contribution in [0.3, 0.4) is 0 Å². The van der Waals surface area contributed by atoms with E-state index in [0.717, 1.165) is 15.6 Å². The van der Waals surface area contributed by atoms with Gasteiger partial charge in [0.25, 0.3) is 0 Å². The van der Waals surface area contributed by atoms with E-state index in [2.05, 4.69) is 31.6 Å². The lowest BCUT2D eigenvalue weighted by Gasteiger charge is -2.15. The summed E-state index contributed by atoms with van der Waals surface area (Å²) in [5, 5.41) is 6.43. The molecule has 0 unspecified atom stereocenters. The zero-order valence-electron chi connectivity index (χ0n) is 14.4. The van der Waals surface area contributed by atoms with Gasteiger partial charge in [-0.3, -0.25) is 4.99 Å². The molecular formula is C18H21BrFN3O2. The number of hydrogen-bond acceptors (Lipinski definition) is 3. The van der Waals surface area contributed by atoms with Crippen LogP contribution in [-0.4, -0.2) is 27.2 Å². The quantitative estimate of drug-likeness (QED) is 0.566. The molecule has 0 aliphatic heterocycles. The highest BCUT2D eigenvalue weighted by molar-refractivity contribution is 9.10. The number of benzene rings is 2. The minimum Gasteiger partial charge on any atom is -0.493 e. The number of guanidine groups is 1. The first-order chi connectivity index (χ1) is 12.1. The molecule has 2 aromatic carbocycles. The summed E-state index contributed by atoms with van der Waals surface area (Å²) in [5.74, 6) is 1.73. The third-order valence-corrected chi connectivity index (χ3v) is 4.33. The lowest BCUT2D eigenvalue weighted by molar-refractivity contribution is 0.354. The van der Waals surface area contributed by atoms with Gasteiger partial charge in [-0.25, -0.2) is 4.39 Å². The van der Waals surface area contributed by atoms with E-state index >= 15 is 0 Å². The van der Waals surface area contributed by atoms with Crippen molar-refractivity contribution in [3.05, 3.63) is 57.8 Å². The van der Waals surface area contributed by atoms with Crippen LogP contribution in [-0.2, 0) is 13.1 Å². The van der Waals surface area contributed by atoms with Gasteiger partial charge >= 0.3 is 0 Å². The van der Waals surface area contributed by atoms with Crippen LogP contribution in [0.25, 0.3) is 0 Å². The minimum atomic E-state index is -0.246. The van der Waals surface area contributed by atoms with Crippen molar-refractivity contribution in [3.63, 3.8) is 0 Å². The number of rotatable bonds is 6. The summed E-state index contributed by atoms with van der Waals surface area (Å²) in [6.45, 7) is 1.09. The van der Waals surface area contributed by atoms with E-state index in [1.54, 1.807) is 33.4 Å². The molecule has 0 saturated heterocycles. The molecule has 0 bridgehead atoms. The zero-order chi connectivity index (χ0) is 18.2. The van der Waals surface area contributed by atoms with E-state index in [-0.39, 0.29) is 5.82 Å². The Morgan fingerprint density at radius 3 is 2.24 bits per heavy atom. The topological polar surface area (TPSA) is 54.9 Å². The van der Waals surface area contributed by atoms with Gasteiger partial charge in [0.15, 0.2) is 17.5 Å². The molecular weight excluding hydrogens is 389 g/mol. The van der Waals surface area contributed by atoms with Crippen molar-refractivity contribution < 1.29 is 13.9 Å². The average Bonchev–Trinajstić information content (AvgIpc) is 2.63. The molecule has 0 fully saturated rings. The molecule has 5 nitrogen and oxygen atoms in total. The molecule has 134 valence electrons. The molecule has 0 spiro atoms. The van der Waals surface area contributed by atoms with Crippen molar-refractivity contribution in [2.75, 3.05) is 21.3 Å². The zero-order valence-corrected chi connectivity index (χ0v) is 16.0. The molecule has 0 amide bonds. The van der Waals surface area contributed by atoms with Crippen molar-refractivity contribution in [2.45, 2.75) is 13.1 Å². The molecule has 2 aromatic rings. The van der Waals surface area contributed by atoms with Crippen molar-refractivity contribution >= 4 is 21.9 Å². The van der Waals surface area contributed by atoms with Crippen molar-refractivity contribution in [2.24, 2.45) is 4.99 Å². The van der Waals surface area contributed by atoms with Crippen LogP contribution in [0, 0.1) is 5.82 Å². The van der Waals surface area contributed by atoms with Gasteiger partial charge in [0.1, 0.15) is 5.82 Å². The maximum Gasteiger partial charge on any atom is 0.191 e. The Morgan fingerprint density at radius 2 is 1.64 bits per heavy atom. The summed E-state index contributed by atoms with van der Waals surface area (Å²) >= 11 is 3.53. The third-order valence-electron chi connectivity index (χ3n) is 3.60. The summed E-state index contributed by atoms with van der Waals surface area (Å²) in [5.41, 5.74) is 1.97. The molecule has 0 radical (unpaired) electrons. The predicted octanol–water partition coefficient (Wildman–Crippen LogP) is 3.47. The number of aliphatic imine (C=N–C) groups is 1. The van der Waals surface area contributed by atoms with Crippen LogP contribution in [0.5, 0.6) is 11.5 Å². The monoisotopic (exact) mass is 409 g/mol. The maximum atomic E-state index is 12.9. The van der Waals surface area contributed by atoms with E-state index in [4.69, 9.17) is 9.47 Å². The molecule has 0 atom stereocenters. The fourth-order valence-electron chi connectivity index (χ4n) is 2.22. The van der Waals surface area contributed by atoms with Gasteiger partial charge in [-0.05, 0) is 35.4 Å². The van der Waals surface area contributed by atoms with Crippen LogP contribution in [0.2, 0.25) is 0 Å². The summed E-state index contributed by atoms with van der Waals surface area (Å²) in [4.78, 5) is 4.19. The van der Waals surface area contributed by atoms with Gasteiger partial charge in [0.05, 0.1) is 14.2 Å². The van der Waals surface area contributed by atoms with Crippen LogP contribution in [0.1, 0.15) is 11.1 Å². The summed E-state index contributed by atoms with van der Waals surface area (Å²) in [6, 6.07) is 10.1. The highest BCUT2D eigenvalue weighted by Gasteiger charge is 2.10. The number of nitrogens with one attached hydrogen (secondary N) is 2. The van der Waals surface area contributed by atoms with Crippen molar-refractivity contribution in [1.82, 2.24) is 10.6 Å². The second-order valence-corrected chi connectivity index (χ2v) is 6.06. The smallest absolute Gasteiger partial charge is 0.191 e. The summed E-state index contributed by atoms with van der Waals surface area (Å²) < 4.78 is 24.4. The Balaban J connectivity index is 1.97. The summed E-state index contributed by atoms with van der Waals surface area (Å²) in [7, 11) is 4.90. The Morgan fingerprint density at radius 1 is 1.04 bits per heavy atom. The first-order valence-electron chi connectivity index (χ1n) is 7.66. The first-order valence-corrected chi connectivity index (χ1v) is 8.46. The largest absolute Gasteiger partial charge is 0.493 e. The van der Waals surface area contributed by atoms with E-state index in [0.29, 0.717) is 30.5 Å². The van der Waals surface area contributed by atoms with Crippen LogP contribution < -0.4 is 20.1 Å². The number of halogens is 2. The molecule has 0 aromatic heterocycles. The summed E-state index contributed by atoms with van der Waals surface area (Å²) in [6.07, 6.45) is 0. The molecule has 7 heteroatoms. The van der Waals surface area contributed by atoms with Gasteiger partial charge in [-0.2, -0.15) is 0 Å². The van der Waals surface area contributed by atoms with Crippen LogP contribution in [0.4, 0.5) is 4.39 Å². The Kier molecular flexibility index (Phi) is 7.06.